The molecule has 2 aliphatic heterocycles. The molecule has 2 bridgehead atoms. The van der Waals surface area contributed by atoms with Gasteiger partial charge in [0.25, 0.3) is 0 Å². The van der Waals surface area contributed by atoms with Gasteiger partial charge in [0.1, 0.15) is 0 Å². The third kappa shape index (κ3) is 8.66. The molecule has 12 nitrogen and oxygen atoms in total. The molecule has 0 aromatic heterocycles. The molecule has 12 heteroatoms. The number of ether oxygens (including phenoxy) is 2. The van der Waals surface area contributed by atoms with Crippen LogP contribution in [0.3, 0.4) is 0 Å². The van der Waals surface area contributed by atoms with E-state index in [0.717, 1.165) is 32.1 Å². The Morgan fingerprint density at radius 1 is 1.08 bits per heavy atom. The quantitative estimate of drug-likeness (QED) is 0.179. The number of fused-ring (bicyclic) bond motifs is 2. The van der Waals surface area contributed by atoms with E-state index in [0.29, 0.717) is 18.5 Å². The summed E-state index contributed by atoms with van der Waals surface area (Å²) >= 11 is 0. The predicted octanol–water partition coefficient (Wildman–Crippen LogP) is 3.41. The number of rotatable bonds is 18. The Morgan fingerprint density at radius 2 is 1.75 bits per heavy atom. The SMILES string of the molecule is CC[C@H](C)[C@@H]([C@@H](CC(=O)N1CCC[C@H]1[C@H](OC)[C@@H](C)C(=O)N[C@H](C)[C@@H](O)c1ccccc1)OC)N(C)C(=O)[C@@H](C(C)C)C12CCC(C1)C(C(N)=O)N2. The van der Waals surface area contributed by atoms with Crippen LogP contribution in [0.15, 0.2) is 30.3 Å². The highest BCUT2D eigenvalue weighted by atomic mass is 16.5. The molecule has 3 aliphatic rings. The molecule has 52 heavy (non-hydrogen) atoms. The molecule has 1 aromatic carbocycles. The number of aliphatic hydroxyl groups is 1. The summed E-state index contributed by atoms with van der Waals surface area (Å²) in [6.07, 6.45) is 2.71. The number of carbonyl (C=O) groups is 4. The maximum Gasteiger partial charge on any atom is 0.234 e. The number of nitrogens with one attached hydrogen (secondary N) is 2. The zero-order valence-electron chi connectivity index (χ0n) is 32.8. The maximum atomic E-state index is 14.6. The van der Waals surface area contributed by atoms with Gasteiger partial charge in [-0.05, 0) is 62.3 Å². The molecule has 0 spiro atoms. The summed E-state index contributed by atoms with van der Waals surface area (Å²) in [5.41, 5.74) is 5.97. The highest BCUT2D eigenvalue weighted by molar-refractivity contribution is 5.84. The molecule has 5 N–H and O–H groups in total. The van der Waals surface area contributed by atoms with Gasteiger partial charge in [0, 0.05) is 33.4 Å². The predicted molar refractivity (Wildman–Crippen MR) is 200 cm³/mol. The topological polar surface area (TPSA) is 164 Å². The van der Waals surface area contributed by atoms with Crippen LogP contribution >= 0.6 is 0 Å². The highest BCUT2D eigenvalue weighted by Gasteiger charge is 2.59. The number of primary amides is 1. The molecule has 0 radical (unpaired) electrons. The van der Waals surface area contributed by atoms with Crippen LogP contribution in [0.5, 0.6) is 0 Å². The largest absolute Gasteiger partial charge is 0.386 e. The molecule has 3 unspecified atom stereocenters. The molecule has 3 fully saturated rings. The number of benzene rings is 1. The van der Waals surface area contributed by atoms with E-state index in [9.17, 15) is 24.3 Å². The number of nitrogens with zero attached hydrogens (tertiary/aromatic N) is 2. The average molecular weight is 728 g/mol. The summed E-state index contributed by atoms with van der Waals surface area (Å²) in [5.74, 6) is -1.54. The van der Waals surface area contributed by atoms with E-state index in [1.807, 2.05) is 42.3 Å². The molecule has 1 aromatic rings. The summed E-state index contributed by atoms with van der Waals surface area (Å²) in [5, 5.41) is 17.3. The summed E-state index contributed by atoms with van der Waals surface area (Å²) < 4.78 is 12.0. The number of aliphatic hydroxyl groups excluding tert-OH is 1. The van der Waals surface area contributed by atoms with Gasteiger partial charge in [0.05, 0.1) is 60.7 Å². The lowest BCUT2D eigenvalue weighted by atomic mass is 9.74. The minimum atomic E-state index is -0.871. The van der Waals surface area contributed by atoms with Crippen molar-refractivity contribution in [3.05, 3.63) is 35.9 Å². The number of hydrogen-bond donors (Lipinski definition) is 4. The van der Waals surface area contributed by atoms with Crippen LogP contribution in [0.25, 0.3) is 0 Å². The highest BCUT2D eigenvalue weighted by Crippen LogP contribution is 2.50. The van der Waals surface area contributed by atoms with Crippen LogP contribution in [0.4, 0.5) is 0 Å². The van der Waals surface area contributed by atoms with Crippen molar-refractivity contribution >= 4 is 23.6 Å². The molecule has 12 atom stereocenters. The monoisotopic (exact) mass is 727 g/mol. The lowest BCUT2D eigenvalue weighted by Gasteiger charge is -2.45. The van der Waals surface area contributed by atoms with Crippen molar-refractivity contribution in [3.8, 4) is 0 Å². The normalized spacial score (nSPS) is 27.4. The number of carbonyl (C=O) groups excluding carboxylic acids is 4. The van der Waals surface area contributed by atoms with Crippen molar-refractivity contribution in [1.82, 2.24) is 20.4 Å². The molecule has 292 valence electrons. The van der Waals surface area contributed by atoms with Gasteiger partial charge in [-0.1, -0.05) is 71.4 Å². The zero-order chi connectivity index (χ0) is 38.5. The molecule has 1 aliphatic carbocycles. The van der Waals surface area contributed by atoms with Crippen molar-refractivity contribution in [2.24, 2.45) is 35.3 Å². The Kier molecular flexibility index (Phi) is 14.3. The Morgan fingerprint density at radius 3 is 2.31 bits per heavy atom. The van der Waals surface area contributed by atoms with Crippen molar-refractivity contribution in [1.29, 1.82) is 0 Å². The van der Waals surface area contributed by atoms with Crippen LogP contribution in [-0.4, -0.2) is 108 Å². The second-order valence-corrected chi connectivity index (χ2v) is 16.1. The first-order chi connectivity index (χ1) is 24.6. The minimum absolute atomic E-state index is 0.00755. The van der Waals surface area contributed by atoms with Gasteiger partial charge in [-0.2, -0.15) is 0 Å². The van der Waals surface area contributed by atoms with Crippen LogP contribution in [0.1, 0.15) is 98.2 Å². The first kappa shape index (κ1) is 41.7. The third-order valence-electron chi connectivity index (χ3n) is 12.6. The van der Waals surface area contributed by atoms with E-state index in [2.05, 4.69) is 38.3 Å². The standard InChI is InChI=1S/C40H65N5O7/c1-10-24(4)34(44(7)39(50)32(23(2)3)40-19-18-28(22-40)33(43-40)37(41)48)30(51-8)21-31(46)45-20-14-17-29(45)36(52-9)25(5)38(49)42-26(6)35(47)27-15-12-11-13-16-27/h11-13,15-16,23-26,28-30,32-36,43,47H,10,14,17-22H2,1-9H3,(H2,41,48)(H,42,49)/t24-,25+,26+,28?,29-,30+,32+,33?,34-,35+,36+,40?/m0/s1. The maximum absolute atomic E-state index is 14.6. The van der Waals surface area contributed by atoms with Gasteiger partial charge in [-0.15, -0.1) is 0 Å². The fourth-order valence-corrected chi connectivity index (χ4v) is 9.69. The van der Waals surface area contributed by atoms with Gasteiger partial charge >= 0.3 is 0 Å². The summed E-state index contributed by atoms with van der Waals surface area (Å²) in [7, 11) is 4.99. The molecule has 1 saturated carbocycles. The molecular weight excluding hydrogens is 662 g/mol. The van der Waals surface area contributed by atoms with Gasteiger partial charge in [0.15, 0.2) is 0 Å². The number of piperidine rings is 1. The second-order valence-electron chi connectivity index (χ2n) is 16.1. The molecule has 4 amide bonds. The third-order valence-corrected chi connectivity index (χ3v) is 12.6. The fraction of sp³-hybridized carbons (Fsp3) is 0.750. The second kappa shape index (κ2) is 17.8. The number of hydrogen-bond acceptors (Lipinski definition) is 8. The van der Waals surface area contributed by atoms with Crippen LogP contribution < -0.4 is 16.4 Å². The lowest BCUT2D eigenvalue weighted by molar-refractivity contribution is -0.150. The van der Waals surface area contributed by atoms with E-state index in [-0.39, 0.29) is 65.8 Å². The molecular formula is C40H65N5O7. The van der Waals surface area contributed by atoms with E-state index in [1.165, 1.54) is 0 Å². The van der Waals surface area contributed by atoms with Crippen LogP contribution in [0, 0.1) is 29.6 Å². The Balaban J connectivity index is 1.48. The van der Waals surface area contributed by atoms with Gasteiger partial charge in [-0.25, -0.2) is 0 Å². The molecule has 2 saturated heterocycles. The van der Waals surface area contributed by atoms with E-state index >= 15 is 0 Å². The first-order valence-corrected chi connectivity index (χ1v) is 19.3. The molecule has 4 rings (SSSR count). The van der Waals surface area contributed by atoms with Gasteiger partial charge in [0.2, 0.25) is 23.6 Å². The smallest absolute Gasteiger partial charge is 0.234 e. The van der Waals surface area contributed by atoms with Crippen molar-refractivity contribution < 1.29 is 33.8 Å². The summed E-state index contributed by atoms with van der Waals surface area (Å²) in [6, 6.07) is 7.55. The zero-order valence-corrected chi connectivity index (χ0v) is 32.8. The van der Waals surface area contributed by atoms with Crippen LogP contribution in [0.2, 0.25) is 0 Å². The van der Waals surface area contributed by atoms with E-state index in [1.54, 1.807) is 33.0 Å². The Bertz CT molecular complexity index is 1380. The first-order valence-electron chi connectivity index (χ1n) is 19.3. The number of methoxy groups -OCH3 is 2. The average Bonchev–Trinajstić information content (AvgIpc) is 3.87. The Hall–Kier alpha value is -3.06. The van der Waals surface area contributed by atoms with E-state index in [4.69, 9.17) is 15.2 Å². The van der Waals surface area contributed by atoms with Gasteiger partial charge in [-0.3, -0.25) is 24.5 Å². The number of amides is 4. The lowest BCUT2D eigenvalue weighted by Crippen LogP contribution is -2.61. The van der Waals surface area contributed by atoms with Crippen LogP contribution in [-0.2, 0) is 28.7 Å². The minimum Gasteiger partial charge on any atom is -0.386 e. The summed E-state index contributed by atoms with van der Waals surface area (Å²) in [4.78, 5) is 58.2. The van der Waals surface area contributed by atoms with Crippen molar-refractivity contribution in [2.45, 2.75) is 135 Å². The number of nitrogens with two attached hydrogens (primary N) is 1. The van der Waals surface area contributed by atoms with Crippen molar-refractivity contribution in [2.75, 3.05) is 27.8 Å². The summed E-state index contributed by atoms with van der Waals surface area (Å²) in [6.45, 7) is 12.4. The number of likely N-dealkylation sites (N-methyl/N-ethyl adjacent to an activating group) is 1. The molecule has 2 heterocycles. The fourth-order valence-electron chi connectivity index (χ4n) is 9.69. The van der Waals surface area contributed by atoms with Crippen molar-refractivity contribution in [3.63, 3.8) is 0 Å². The van der Waals surface area contributed by atoms with Gasteiger partial charge < -0.3 is 35.4 Å². The van der Waals surface area contributed by atoms with E-state index < -0.39 is 41.9 Å². The number of likely N-dealkylation sites (tertiary alicyclic amines) is 1. The Labute approximate surface area is 310 Å².